The van der Waals surface area contributed by atoms with Crippen molar-refractivity contribution < 1.29 is 0 Å². The van der Waals surface area contributed by atoms with Crippen molar-refractivity contribution in [3.8, 4) is 0 Å². The molecule has 3 heterocycles. The van der Waals surface area contributed by atoms with Crippen molar-refractivity contribution in [2.45, 2.75) is 25.3 Å². The molecule has 28 heavy (non-hydrogen) atoms. The van der Waals surface area contributed by atoms with E-state index in [-0.39, 0.29) is 0 Å². The minimum Gasteiger partial charge on any atom is -0.329 e. The number of pyridine rings is 1. The van der Waals surface area contributed by atoms with Gasteiger partial charge in [-0.15, -0.1) is 0 Å². The van der Waals surface area contributed by atoms with Crippen LogP contribution >= 0.6 is 23.2 Å². The van der Waals surface area contributed by atoms with Gasteiger partial charge in [-0.2, -0.15) is 0 Å². The van der Waals surface area contributed by atoms with Crippen LogP contribution in [0.5, 0.6) is 0 Å². The molecule has 5 rings (SSSR count). The first-order valence-corrected chi connectivity index (χ1v) is 10.1. The minimum absolute atomic E-state index is 0.443. The van der Waals surface area contributed by atoms with E-state index in [2.05, 4.69) is 56.1 Å². The van der Waals surface area contributed by atoms with E-state index >= 15 is 0 Å². The van der Waals surface area contributed by atoms with Gasteiger partial charge in [0.2, 0.25) is 0 Å². The number of nitrogens with zero attached hydrogens (tertiary/aromatic N) is 4. The molecule has 4 aromatic rings. The van der Waals surface area contributed by atoms with E-state index in [1.54, 1.807) is 6.20 Å². The van der Waals surface area contributed by atoms with Crippen molar-refractivity contribution in [2.24, 2.45) is 5.92 Å². The molecule has 0 aliphatic heterocycles. The smallest absolute Gasteiger partial charge is 0.145 e. The number of rotatable bonds is 3. The number of halogens is 2. The van der Waals surface area contributed by atoms with Crippen LogP contribution in [-0.2, 0) is 0 Å². The van der Waals surface area contributed by atoms with Gasteiger partial charge in [0.25, 0.3) is 0 Å². The minimum atomic E-state index is 0.443. The van der Waals surface area contributed by atoms with Crippen molar-refractivity contribution >= 4 is 51.2 Å². The van der Waals surface area contributed by atoms with Gasteiger partial charge in [-0.25, -0.2) is 9.97 Å². The van der Waals surface area contributed by atoms with Gasteiger partial charge in [-0.1, -0.05) is 47.5 Å². The second-order valence-electron chi connectivity index (χ2n) is 7.32. The van der Waals surface area contributed by atoms with Crippen LogP contribution in [0.3, 0.4) is 0 Å². The highest BCUT2D eigenvalue weighted by atomic mass is 35.5. The summed E-state index contributed by atoms with van der Waals surface area (Å²) in [6.07, 6.45) is 13.2. The first-order valence-electron chi connectivity index (χ1n) is 9.38. The van der Waals surface area contributed by atoms with E-state index in [0.717, 1.165) is 40.3 Å². The Balaban J connectivity index is 1.33. The SMILES string of the molecule is Clc1cnc2cc(/C=C/C3CC[C@H](n4ccc5c(Cl)ncnc54)C3)ccc2c1. The summed E-state index contributed by atoms with van der Waals surface area (Å²) in [6, 6.07) is 10.7. The molecule has 3 aromatic heterocycles. The van der Waals surface area contributed by atoms with Crippen LogP contribution in [-0.4, -0.2) is 19.5 Å². The van der Waals surface area contributed by atoms with Gasteiger partial charge in [-0.05, 0) is 48.9 Å². The molecule has 2 atom stereocenters. The van der Waals surface area contributed by atoms with E-state index in [1.807, 2.05) is 12.1 Å². The Kier molecular flexibility index (Phi) is 4.53. The number of allylic oxidation sites excluding steroid dienone is 1. The van der Waals surface area contributed by atoms with Crippen LogP contribution in [0.4, 0.5) is 0 Å². The second kappa shape index (κ2) is 7.19. The predicted octanol–water partition coefficient (Wildman–Crippen LogP) is 6.34. The Hall–Kier alpha value is -2.43. The van der Waals surface area contributed by atoms with Gasteiger partial charge in [0, 0.05) is 23.8 Å². The van der Waals surface area contributed by atoms with E-state index in [1.165, 1.54) is 12.7 Å². The Labute approximate surface area is 172 Å². The third-order valence-electron chi connectivity index (χ3n) is 5.54. The summed E-state index contributed by atoms with van der Waals surface area (Å²) in [5.74, 6) is 0.550. The number of hydrogen-bond donors (Lipinski definition) is 0. The summed E-state index contributed by atoms with van der Waals surface area (Å²) >= 11 is 12.2. The molecule has 0 bridgehead atoms. The van der Waals surface area contributed by atoms with Gasteiger partial charge in [-0.3, -0.25) is 4.98 Å². The molecule has 0 spiro atoms. The van der Waals surface area contributed by atoms with Crippen LogP contribution in [0.25, 0.3) is 28.0 Å². The lowest BCUT2D eigenvalue weighted by atomic mass is 10.0. The number of fused-ring (bicyclic) bond motifs is 2. The topological polar surface area (TPSA) is 43.6 Å². The summed E-state index contributed by atoms with van der Waals surface area (Å²) in [6.45, 7) is 0. The van der Waals surface area contributed by atoms with Crippen LogP contribution in [0.1, 0.15) is 30.9 Å². The van der Waals surface area contributed by atoms with Gasteiger partial charge in [0.1, 0.15) is 17.1 Å². The lowest BCUT2D eigenvalue weighted by Crippen LogP contribution is -2.04. The summed E-state index contributed by atoms with van der Waals surface area (Å²) < 4.78 is 2.25. The zero-order valence-corrected chi connectivity index (χ0v) is 16.6. The highest BCUT2D eigenvalue weighted by Gasteiger charge is 2.25. The molecule has 0 amide bonds. The van der Waals surface area contributed by atoms with E-state index in [4.69, 9.17) is 23.2 Å². The quantitative estimate of drug-likeness (QED) is 0.371. The Morgan fingerprint density at radius 3 is 2.89 bits per heavy atom. The fourth-order valence-electron chi connectivity index (χ4n) is 4.12. The van der Waals surface area contributed by atoms with Crippen LogP contribution < -0.4 is 0 Å². The van der Waals surface area contributed by atoms with Crippen LogP contribution in [0, 0.1) is 5.92 Å². The molecule has 0 saturated heterocycles. The predicted molar refractivity (Wildman–Crippen MR) is 115 cm³/mol. The van der Waals surface area contributed by atoms with Crippen LogP contribution in [0.15, 0.2) is 55.1 Å². The van der Waals surface area contributed by atoms with Gasteiger partial charge < -0.3 is 4.57 Å². The zero-order valence-electron chi connectivity index (χ0n) is 15.1. The summed E-state index contributed by atoms with van der Waals surface area (Å²) in [7, 11) is 0. The lowest BCUT2D eigenvalue weighted by molar-refractivity contribution is 0.518. The molecule has 1 fully saturated rings. The standard InChI is InChI=1S/C22H18Cl2N4/c23-17-11-16-5-3-15(10-20(16)25-12-17)2-1-14-4-6-18(9-14)28-8-7-19-21(24)26-13-27-22(19)28/h1-3,5,7-8,10-14,18H,4,6,9H2/b2-1+/t14?,18-/m0/s1. The van der Waals surface area contributed by atoms with Crippen molar-refractivity contribution in [1.29, 1.82) is 0 Å². The summed E-state index contributed by atoms with van der Waals surface area (Å²) in [4.78, 5) is 12.9. The van der Waals surface area contributed by atoms with Crippen molar-refractivity contribution in [1.82, 2.24) is 19.5 Å². The Morgan fingerprint density at radius 1 is 1.04 bits per heavy atom. The summed E-state index contributed by atoms with van der Waals surface area (Å²) in [5, 5.41) is 3.17. The highest BCUT2D eigenvalue weighted by molar-refractivity contribution is 6.33. The molecule has 0 radical (unpaired) electrons. The maximum Gasteiger partial charge on any atom is 0.145 e. The van der Waals surface area contributed by atoms with E-state index in [9.17, 15) is 0 Å². The maximum atomic E-state index is 6.19. The Morgan fingerprint density at radius 2 is 1.96 bits per heavy atom. The van der Waals surface area contributed by atoms with Gasteiger partial charge >= 0.3 is 0 Å². The molecule has 4 nitrogen and oxygen atoms in total. The van der Waals surface area contributed by atoms with Gasteiger partial charge in [0.05, 0.1) is 15.9 Å². The van der Waals surface area contributed by atoms with Crippen molar-refractivity contribution in [3.63, 3.8) is 0 Å². The molecule has 6 heteroatoms. The first kappa shape index (κ1) is 17.7. The average molecular weight is 409 g/mol. The molecule has 1 aliphatic carbocycles. The number of aromatic nitrogens is 4. The molecular formula is C22H18Cl2N4. The first-order chi connectivity index (χ1) is 13.7. The largest absolute Gasteiger partial charge is 0.329 e. The molecule has 0 N–H and O–H groups in total. The highest BCUT2D eigenvalue weighted by Crippen LogP contribution is 2.38. The summed E-state index contributed by atoms with van der Waals surface area (Å²) in [5.41, 5.74) is 3.05. The third kappa shape index (κ3) is 3.27. The lowest BCUT2D eigenvalue weighted by Gasteiger charge is -2.13. The van der Waals surface area contributed by atoms with Crippen LogP contribution in [0.2, 0.25) is 10.2 Å². The van der Waals surface area contributed by atoms with E-state index in [0.29, 0.717) is 22.1 Å². The van der Waals surface area contributed by atoms with Gasteiger partial charge in [0.15, 0.2) is 0 Å². The molecule has 1 aromatic carbocycles. The van der Waals surface area contributed by atoms with Crippen molar-refractivity contribution in [2.75, 3.05) is 0 Å². The fraction of sp³-hybridized carbons (Fsp3) is 0.227. The van der Waals surface area contributed by atoms with Crippen molar-refractivity contribution in [3.05, 3.63) is 70.9 Å². The van der Waals surface area contributed by atoms with E-state index < -0.39 is 0 Å². The molecule has 1 unspecified atom stereocenters. The number of hydrogen-bond acceptors (Lipinski definition) is 3. The number of benzene rings is 1. The maximum absolute atomic E-state index is 6.19. The molecule has 140 valence electrons. The molecule has 1 saturated carbocycles. The fourth-order valence-corrected chi connectivity index (χ4v) is 4.47. The average Bonchev–Trinajstić information content (AvgIpc) is 3.33. The third-order valence-corrected chi connectivity index (χ3v) is 6.04. The molecular weight excluding hydrogens is 391 g/mol. The normalized spacial score (nSPS) is 19.9. The monoisotopic (exact) mass is 408 g/mol. The second-order valence-corrected chi connectivity index (χ2v) is 8.11. The molecule has 1 aliphatic rings. The Bertz CT molecular complexity index is 1200. The zero-order chi connectivity index (χ0) is 19.1.